The van der Waals surface area contributed by atoms with Crippen molar-refractivity contribution in [2.24, 2.45) is 5.84 Å². The zero-order valence-electron chi connectivity index (χ0n) is 8.18. The summed E-state index contributed by atoms with van der Waals surface area (Å²) < 4.78 is 0. The van der Waals surface area contributed by atoms with E-state index in [0.29, 0.717) is 0 Å². The summed E-state index contributed by atoms with van der Waals surface area (Å²) in [6.45, 7) is 1.87. The van der Waals surface area contributed by atoms with Crippen molar-refractivity contribution in [2.45, 2.75) is 38.5 Å². The van der Waals surface area contributed by atoms with Crippen molar-refractivity contribution >= 4 is 0 Å². The third-order valence-electron chi connectivity index (χ3n) is 2.24. The highest BCUT2D eigenvalue weighted by molar-refractivity contribution is 4.49. The van der Waals surface area contributed by atoms with Crippen molar-refractivity contribution in [3.63, 3.8) is 0 Å². The number of hydrazine groups is 4. The maximum Gasteiger partial charge on any atom is 0.0299 e. The number of rotatable bonds is 0. The summed E-state index contributed by atoms with van der Waals surface area (Å²) in [5.74, 6) is 5.63. The largest absolute Gasteiger partial charge is 0.254 e. The summed E-state index contributed by atoms with van der Waals surface area (Å²) in [6.07, 6.45) is 7.66. The first-order valence-corrected chi connectivity index (χ1v) is 5.15. The van der Waals surface area contributed by atoms with Crippen LogP contribution in [0.1, 0.15) is 38.5 Å². The van der Waals surface area contributed by atoms with Crippen molar-refractivity contribution in [1.29, 1.82) is 0 Å². The summed E-state index contributed by atoms with van der Waals surface area (Å²) >= 11 is 0. The lowest BCUT2D eigenvalue weighted by molar-refractivity contribution is 0.132. The molecule has 0 amide bonds. The summed E-state index contributed by atoms with van der Waals surface area (Å²) in [7, 11) is 0. The summed E-state index contributed by atoms with van der Waals surface area (Å²) in [4.78, 5) is 0. The second kappa shape index (κ2) is 7.23. The molecule has 78 valence electrons. The van der Waals surface area contributed by atoms with E-state index in [2.05, 4.69) is 16.5 Å². The number of nitrogens with two attached hydrogens (primary N) is 1. The van der Waals surface area contributed by atoms with Crippen LogP contribution in [-0.2, 0) is 0 Å². The molecular formula is C8H21N5. The molecule has 0 saturated carbocycles. The van der Waals surface area contributed by atoms with E-state index in [1.807, 2.05) is 0 Å². The highest BCUT2D eigenvalue weighted by Crippen LogP contribution is 2.04. The maximum atomic E-state index is 5.63. The summed E-state index contributed by atoms with van der Waals surface area (Å²) in [5.41, 5.74) is 8.76. The second-order valence-corrected chi connectivity index (χ2v) is 3.48. The van der Waals surface area contributed by atoms with Gasteiger partial charge in [0.1, 0.15) is 0 Å². The van der Waals surface area contributed by atoms with Gasteiger partial charge in [0.2, 0.25) is 0 Å². The van der Waals surface area contributed by atoms with Gasteiger partial charge in [-0.2, -0.15) is 16.2 Å². The second-order valence-electron chi connectivity index (χ2n) is 3.48. The molecule has 5 nitrogen and oxygen atoms in total. The van der Waals surface area contributed by atoms with Crippen LogP contribution in [0.4, 0.5) is 0 Å². The fraction of sp³-hybridized carbons (Fsp3) is 1.00. The number of nitrogens with one attached hydrogen (secondary N) is 3. The van der Waals surface area contributed by atoms with Gasteiger partial charge in [-0.15, -0.1) is 0 Å². The number of hydrogen-bond donors (Lipinski definition) is 4. The molecule has 0 radical (unpaired) electrons. The van der Waals surface area contributed by atoms with Gasteiger partial charge in [-0.25, -0.2) is 5.43 Å². The van der Waals surface area contributed by atoms with E-state index in [0.717, 1.165) is 19.5 Å². The van der Waals surface area contributed by atoms with Crippen LogP contribution in [0.5, 0.6) is 0 Å². The molecule has 5 heteroatoms. The highest BCUT2D eigenvalue weighted by Gasteiger charge is 1.98. The topological polar surface area (TPSA) is 65.3 Å². The fourth-order valence-corrected chi connectivity index (χ4v) is 1.43. The Hall–Kier alpha value is -0.200. The minimum atomic E-state index is 0.884. The van der Waals surface area contributed by atoms with Crippen LogP contribution in [0, 0.1) is 0 Å². The zero-order valence-corrected chi connectivity index (χ0v) is 8.18. The van der Waals surface area contributed by atoms with Crippen LogP contribution >= 0.6 is 0 Å². The zero-order chi connectivity index (χ0) is 9.36. The highest BCUT2D eigenvalue weighted by atomic mass is 15.8. The quantitative estimate of drug-likeness (QED) is 0.403. The molecule has 1 fully saturated rings. The molecule has 0 aromatic heterocycles. The van der Waals surface area contributed by atoms with Gasteiger partial charge in [0.05, 0.1) is 0 Å². The Balaban J connectivity index is 2.11. The summed E-state index contributed by atoms with van der Waals surface area (Å²) in [6, 6.07) is 0. The van der Waals surface area contributed by atoms with E-state index in [1.54, 1.807) is 5.12 Å². The van der Waals surface area contributed by atoms with Gasteiger partial charge in [0, 0.05) is 13.1 Å². The van der Waals surface area contributed by atoms with Gasteiger partial charge in [-0.05, 0) is 12.8 Å². The van der Waals surface area contributed by atoms with Crippen molar-refractivity contribution in [2.75, 3.05) is 13.1 Å². The predicted octanol–water partition coefficient (Wildman–Crippen LogP) is 0.0301. The molecule has 5 N–H and O–H groups in total. The minimum absolute atomic E-state index is 0.884. The molecular weight excluding hydrogens is 166 g/mol. The van der Waals surface area contributed by atoms with Gasteiger partial charge >= 0.3 is 0 Å². The van der Waals surface area contributed by atoms with Crippen molar-refractivity contribution < 1.29 is 0 Å². The Morgan fingerprint density at radius 1 is 0.923 bits per heavy atom. The third-order valence-corrected chi connectivity index (χ3v) is 2.24. The van der Waals surface area contributed by atoms with Gasteiger partial charge < -0.3 is 0 Å². The van der Waals surface area contributed by atoms with Crippen LogP contribution in [0.15, 0.2) is 0 Å². The summed E-state index contributed by atoms with van der Waals surface area (Å²) in [5, 5.41) is 1.58. The standard InChI is InChI=1S/C8H21N5/c9-13-8-6-4-2-1-3-5-7-10-11-12-13/h10-12H,1-9H2. The molecule has 0 aromatic rings. The van der Waals surface area contributed by atoms with E-state index in [-0.39, 0.29) is 0 Å². The Kier molecular flexibility index (Phi) is 6.05. The first-order valence-electron chi connectivity index (χ1n) is 5.15. The Morgan fingerprint density at radius 3 is 2.46 bits per heavy atom. The van der Waals surface area contributed by atoms with Gasteiger partial charge in [-0.1, -0.05) is 25.7 Å². The molecule has 1 heterocycles. The van der Waals surface area contributed by atoms with Crippen LogP contribution < -0.4 is 22.3 Å². The first-order chi connectivity index (χ1) is 6.39. The number of hydrogen-bond acceptors (Lipinski definition) is 5. The lowest BCUT2D eigenvalue weighted by Crippen LogP contribution is -2.56. The van der Waals surface area contributed by atoms with Gasteiger partial charge in [-0.3, -0.25) is 5.84 Å². The molecule has 1 aliphatic rings. The lowest BCUT2D eigenvalue weighted by atomic mass is 10.1. The fourth-order valence-electron chi connectivity index (χ4n) is 1.43. The van der Waals surface area contributed by atoms with E-state index in [1.165, 1.54) is 32.1 Å². The van der Waals surface area contributed by atoms with Gasteiger partial charge in [0.25, 0.3) is 0 Å². The van der Waals surface area contributed by atoms with Crippen LogP contribution in [0.25, 0.3) is 0 Å². The van der Waals surface area contributed by atoms with Crippen LogP contribution in [0.3, 0.4) is 0 Å². The van der Waals surface area contributed by atoms with E-state index < -0.39 is 0 Å². The van der Waals surface area contributed by atoms with Gasteiger partial charge in [0.15, 0.2) is 0 Å². The monoisotopic (exact) mass is 187 g/mol. The SMILES string of the molecule is NN1CCCCCCCCNNN1. The molecule has 0 aliphatic carbocycles. The Bertz CT molecular complexity index is 107. The molecule has 1 rings (SSSR count). The van der Waals surface area contributed by atoms with Crippen molar-refractivity contribution in [3.8, 4) is 0 Å². The lowest BCUT2D eigenvalue weighted by Gasteiger charge is -2.19. The van der Waals surface area contributed by atoms with Crippen LogP contribution in [-0.4, -0.2) is 18.2 Å². The third kappa shape index (κ3) is 5.95. The van der Waals surface area contributed by atoms with E-state index >= 15 is 0 Å². The molecule has 13 heavy (non-hydrogen) atoms. The Labute approximate surface area is 79.9 Å². The van der Waals surface area contributed by atoms with Crippen molar-refractivity contribution in [3.05, 3.63) is 0 Å². The van der Waals surface area contributed by atoms with Crippen LogP contribution in [0.2, 0.25) is 0 Å². The first kappa shape index (κ1) is 10.9. The minimum Gasteiger partial charge on any atom is -0.254 e. The predicted molar refractivity (Wildman–Crippen MR) is 52.9 cm³/mol. The maximum absolute atomic E-state index is 5.63. The van der Waals surface area contributed by atoms with Crippen molar-refractivity contribution in [1.82, 2.24) is 21.6 Å². The molecule has 0 spiro atoms. The normalized spacial score (nSPS) is 24.7. The Morgan fingerprint density at radius 2 is 1.62 bits per heavy atom. The molecule has 0 unspecified atom stereocenters. The smallest absolute Gasteiger partial charge is 0.0299 e. The molecule has 0 aromatic carbocycles. The molecule has 1 saturated heterocycles. The molecule has 1 aliphatic heterocycles. The average Bonchev–Trinajstić information content (AvgIpc) is 2.11. The van der Waals surface area contributed by atoms with E-state index in [4.69, 9.17) is 5.84 Å². The molecule has 0 bridgehead atoms. The average molecular weight is 187 g/mol. The number of nitrogens with zero attached hydrogens (tertiary/aromatic N) is 1. The molecule has 0 atom stereocenters. The van der Waals surface area contributed by atoms with E-state index in [9.17, 15) is 0 Å².